The topological polar surface area (TPSA) is 111 Å². The molecule has 0 saturated heterocycles. The van der Waals surface area contributed by atoms with Crippen LogP contribution >= 0.6 is 0 Å². The first-order valence-corrected chi connectivity index (χ1v) is 11.6. The summed E-state index contributed by atoms with van der Waals surface area (Å²) in [6, 6.07) is 7.92. The Bertz CT molecular complexity index is 665. The summed E-state index contributed by atoms with van der Waals surface area (Å²) in [5.74, 6) is -1.77. The molecule has 0 saturated carbocycles. The predicted octanol–water partition coefficient (Wildman–Crippen LogP) is 5.09. The fraction of sp³-hybridized carbons (Fsp3) is 0.640. The second kappa shape index (κ2) is 17.9. The van der Waals surface area contributed by atoms with E-state index in [9.17, 15) is 14.4 Å². The first kappa shape index (κ1) is 30.4. The van der Waals surface area contributed by atoms with Crippen molar-refractivity contribution >= 4 is 18.0 Å². The van der Waals surface area contributed by atoms with Crippen LogP contribution in [-0.4, -0.2) is 48.0 Å². The minimum absolute atomic E-state index is 0.0812. The number of nitrogens with one attached hydrogen (secondary N) is 1. The summed E-state index contributed by atoms with van der Waals surface area (Å²) < 4.78 is 15.4. The lowest BCUT2D eigenvalue weighted by molar-refractivity contribution is -0.145. The smallest absolute Gasteiger partial charge is 0.408 e. The third kappa shape index (κ3) is 18.6. The highest BCUT2D eigenvalue weighted by atomic mass is 16.6. The average molecular weight is 468 g/mol. The lowest BCUT2D eigenvalue weighted by Gasteiger charge is -2.21. The maximum atomic E-state index is 11.7. The molecule has 1 unspecified atom stereocenters. The molecule has 2 N–H and O–H groups in total. The second-order valence-electron chi connectivity index (χ2n) is 8.54. The van der Waals surface area contributed by atoms with Crippen molar-refractivity contribution < 1.29 is 33.7 Å². The van der Waals surface area contributed by atoms with Crippen LogP contribution in [0.25, 0.3) is 0 Å². The van der Waals surface area contributed by atoms with Crippen molar-refractivity contribution in [3.63, 3.8) is 0 Å². The molecule has 8 nitrogen and oxygen atoms in total. The standard InChI is InChI=1S/C17H23NO6.C8H18O/c1-17(2,3)24-16(22)18-13(15(20)21)9-10-14(19)23-11-12-7-5-4-6-8-12;1-3-5-7-9-8-6-4-2/h4-8,13H,9-11H2,1-3H3,(H,18,22)(H,20,21);3-8H2,1-2H3. The van der Waals surface area contributed by atoms with Gasteiger partial charge in [-0.3, -0.25) is 4.79 Å². The molecule has 0 aliphatic carbocycles. The molecule has 0 radical (unpaired) electrons. The highest BCUT2D eigenvalue weighted by Gasteiger charge is 2.24. The molecule has 0 bridgehead atoms. The number of rotatable bonds is 13. The van der Waals surface area contributed by atoms with Crippen LogP contribution < -0.4 is 5.32 Å². The molecule has 1 atom stereocenters. The first-order valence-electron chi connectivity index (χ1n) is 11.6. The van der Waals surface area contributed by atoms with Crippen molar-refractivity contribution in [3.05, 3.63) is 35.9 Å². The molecule has 1 aromatic rings. The Morgan fingerprint density at radius 3 is 2.06 bits per heavy atom. The van der Waals surface area contributed by atoms with E-state index in [1.807, 2.05) is 30.3 Å². The zero-order valence-corrected chi connectivity index (χ0v) is 20.7. The van der Waals surface area contributed by atoms with Gasteiger partial charge in [0.1, 0.15) is 18.2 Å². The number of carboxylic acid groups (broad SMARTS) is 1. The summed E-state index contributed by atoms with van der Waals surface area (Å²) >= 11 is 0. The quantitative estimate of drug-likeness (QED) is 0.307. The van der Waals surface area contributed by atoms with Crippen LogP contribution in [-0.2, 0) is 30.4 Å². The van der Waals surface area contributed by atoms with Gasteiger partial charge in [-0.15, -0.1) is 0 Å². The molecule has 8 heteroatoms. The molecule has 0 aromatic heterocycles. The molecular weight excluding hydrogens is 426 g/mol. The van der Waals surface area contributed by atoms with Gasteiger partial charge in [-0.2, -0.15) is 0 Å². The number of alkyl carbamates (subject to hydrolysis) is 1. The highest BCUT2D eigenvalue weighted by molar-refractivity contribution is 5.80. The first-order chi connectivity index (χ1) is 15.6. The number of benzene rings is 1. The summed E-state index contributed by atoms with van der Waals surface area (Å²) in [5, 5.41) is 11.4. The summed E-state index contributed by atoms with van der Waals surface area (Å²) in [5.41, 5.74) is 0.106. The predicted molar refractivity (Wildman–Crippen MR) is 127 cm³/mol. The second-order valence-corrected chi connectivity index (χ2v) is 8.54. The minimum Gasteiger partial charge on any atom is -0.480 e. The van der Waals surface area contributed by atoms with Crippen LogP contribution in [0.15, 0.2) is 30.3 Å². The van der Waals surface area contributed by atoms with Gasteiger partial charge in [-0.05, 0) is 45.6 Å². The molecule has 1 amide bonds. The Kier molecular flexibility index (Phi) is 16.5. The number of carbonyl (C=O) groups is 3. The van der Waals surface area contributed by atoms with Crippen LogP contribution in [0.5, 0.6) is 0 Å². The van der Waals surface area contributed by atoms with Crippen LogP contribution in [0.4, 0.5) is 4.79 Å². The highest BCUT2D eigenvalue weighted by Crippen LogP contribution is 2.09. The van der Waals surface area contributed by atoms with E-state index in [0.717, 1.165) is 18.8 Å². The third-order valence-electron chi connectivity index (χ3n) is 4.15. The number of amides is 1. The number of hydrogen-bond acceptors (Lipinski definition) is 6. The van der Waals surface area contributed by atoms with Gasteiger partial charge in [0.15, 0.2) is 0 Å². The lowest BCUT2D eigenvalue weighted by Crippen LogP contribution is -2.43. The van der Waals surface area contributed by atoms with E-state index < -0.39 is 29.7 Å². The number of aliphatic carboxylic acids is 1. The Morgan fingerprint density at radius 1 is 1.00 bits per heavy atom. The minimum atomic E-state index is -1.24. The van der Waals surface area contributed by atoms with Gasteiger partial charge >= 0.3 is 18.0 Å². The Morgan fingerprint density at radius 2 is 1.58 bits per heavy atom. The fourth-order valence-corrected chi connectivity index (χ4v) is 2.37. The lowest BCUT2D eigenvalue weighted by atomic mass is 10.1. The zero-order valence-electron chi connectivity index (χ0n) is 20.7. The molecule has 0 aliphatic heterocycles. The van der Waals surface area contributed by atoms with E-state index in [1.165, 1.54) is 25.7 Å². The number of esters is 1. The Labute approximate surface area is 198 Å². The molecule has 188 valence electrons. The van der Waals surface area contributed by atoms with E-state index in [-0.39, 0.29) is 19.4 Å². The van der Waals surface area contributed by atoms with Gasteiger partial charge in [0.25, 0.3) is 0 Å². The van der Waals surface area contributed by atoms with Crippen LogP contribution in [0.1, 0.15) is 78.7 Å². The number of carbonyl (C=O) groups excluding carboxylic acids is 2. The summed E-state index contributed by atoms with van der Waals surface area (Å²) in [4.78, 5) is 34.5. The molecule has 0 spiro atoms. The number of hydrogen-bond donors (Lipinski definition) is 2. The Balaban J connectivity index is 0.000000960. The fourth-order valence-electron chi connectivity index (χ4n) is 2.37. The van der Waals surface area contributed by atoms with Crippen molar-refractivity contribution in [1.29, 1.82) is 0 Å². The zero-order chi connectivity index (χ0) is 25.1. The molecule has 0 fully saturated rings. The van der Waals surface area contributed by atoms with E-state index in [4.69, 9.17) is 19.3 Å². The van der Waals surface area contributed by atoms with Crippen LogP contribution in [0, 0.1) is 0 Å². The van der Waals surface area contributed by atoms with E-state index in [0.29, 0.717) is 0 Å². The molecule has 1 rings (SSSR count). The molecule has 0 aliphatic rings. The van der Waals surface area contributed by atoms with Gasteiger partial charge < -0.3 is 24.6 Å². The van der Waals surface area contributed by atoms with Gasteiger partial charge in [0.05, 0.1) is 0 Å². The molecule has 33 heavy (non-hydrogen) atoms. The number of carboxylic acids is 1. The van der Waals surface area contributed by atoms with E-state index >= 15 is 0 Å². The van der Waals surface area contributed by atoms with Gasteiger partial charge in [-0.25, -0.2) is 9.59 Å². The third-order valence-corrected chi connectivity index (χ3v) is 4.15. The van der Waals surface area contributed by atoms with E-state index in [2.05, 4.69) is 19.2 Å². The van der Waals surface area contributed by atoms with Crippen molar-refractivity contribution in [2.24, 2.45) is 0 Å². The SMILES string of the molecule is CC(C)(C)OC(=O)NC(CCC(=O)OCc1ccccc1)C(=O)O.CCCCOCCCC. The van der Waals surface area contributed by atoms with Gasteiger partial charge in [0, 0.05) is 19.6 Å². The monoisotopic (exact) mass is 467 g/mol. The molecule has 0 heterocycles. The van der Waals surface area contributed by atoms with Crippen molar-refractivity contribution in [3.8, 4) is 0 Å². The molecule has 1 aromatic carbocycles. The number of unbranched alkanes of at least 4 members (excludes halogenated alkanes) is 2. The largest absolute Gasteiger partial charge is 0.480 e. The van der Waals surface area contributed by atoms with Gasteiger partial charge in [-0.1, -0.05) is 57.0 Å². The van der Waals surface area contributed by atoms with E-state index in [1.54, 1.807) is 20.8 Å². The maximum Gasteiger partial charge on any atom is 0.408 e. The Hall–Kier alpha value is -2.61. The van der Waals surface area contributed by atoms with Crippen LogP contribution in [0.2, 0.25) is 0 Å². The maximum absolute atomic E-state index is 11.7. The average Bonchev–Trinajstić information content (AvgIpc) is 2.75. The summed E-state index contributed by atoms with van der Waals surface area (Å²) in [7, 11) is 0. The van der Waals surface area contributed by atoms with Crippen molar-refractivity contribution in [2.75, 3.05) is 13.2 Å². The van der Waals surface area contributed by atoms with Crippen molar-refractivity contribution in [1.82, 2.24) is 5.32 Å². The summed E-state index contributed by atoms with van der Waals surface area (Å²) in [6.45, 7) is 11.4. The molecular formula is C25H41NO7. The summed E-state index contributed by atoms with van der Waals surface area (Å²) in [6.07, 6.45) is 3.86. The normalized spacial score (nSPS) is 11.5. The van der Waals surface area contributed by atoms with Crippen molar-refractivity contribution in [2.45, 2.75) is 91.4 Å². The van der Waals surface area contributed by atoms with Gasteiger partial charge in [0.2, 0.25) is 0 Å². The van der Waals surface area contributed by atoms with Crippen LogP contribution in [0.3, 0.4) is 0 Å². The number of ether oxygens (including phenoxy) is 3.